The molecule has 0 saturated carbocycles. The zero-order valence-corrected chi connectivity index (χ0v) is 9.52. The molecule has 4 heteroatoms. The summed E-state index contributed by atoms with van der Waals surface area (Å²) in [4.78, 5) is 0. The van der Waals surface area contributed by atoms with Crippen LogP contribution in [0.4, 0.5) is 13.2 Å². The lowest BCUT2D eigenvalue weighted by molar-refractivity contribution is -0.0333. The molecule has 1 rings (SSSR count). The first kappa shape index (κ1) is 13.2. The third-order valence-electron chi connectivity index (χ3n) is 2.04. The van der Waals surface area contributed by atoms with Crippen LogP contribution in [0.25, 0.3) is 0 Å². The third kappa shape index (κ3) is 5.26. The van der Waals surface area contributed by atoms with Gasteiger partial charge in [0.2, 0.25) is 0 Å². The second-order valence-corrected chi connectivity index (χ2v) is 4.76. The molecule has 16 heavy (non-hydrogen) atoms. The minimum atomic E-state index is -4.18. The molecule has 0 aliphatic rings. The van der Waals surface area contributed by atoms with Crippen molar-refractivity contribution in [3.05, 3.63) is 48.6 Å². The standard InChI is InChI=1S/C12H13F3S/c1-2-6-11(16-12(13,14)15)9-10-7-4-3-5-8-10/h2-5,7-8,11H,1,6,9H2/t11-/m1/s1. The normalized spacial score (nSPS) is 13.4. The van der Waals surface area contributed by atoms with Gasteiger partial charge in [0.25, 0.3) is 0 Å². The SMILES string of the molecule is C=CC[C@H](Cc1ccccc1)SC(F)(F)F. The number of hydrogen-bond acceptors (Lipinski definition) is 1. The van der Waals surface area contributed by atoms with Crippen LogP contribution in [0.5, 0.6) is 0 Å². The first-order valence-corrected chi connectivity index (χ1v) is 5.78. The minimum Gasteiger partial charge on any atom is -0.160 e. The zero-order valence-electron chi connectivity index (χ0n) is 8.70. The van der Waals surface area contributed by atoms with Gasteiger partial charge in [-0.3, -0.25) is 0 Å². The molecule has 0 spiro atoms. The van der Waals surface area contributed by atoms with E-state index in [0.29, 0.717) is 12.8 Å². The fraction of sp³-hybridized carbons (Fsp3) is 0.333. The Morgan fingerprint density at radius 3 is 2.38 bits per heavy atom. The summed E-state index contributed by atoms with van der Waals surface area (Å²) in [7, 11) is 0. The van der Waals surface area contributed by atoms with Crippen molar-refractivity contribution in [1.82, 2.24) is 0 Å². The van der Waals surface area contributed by atoms with E-state index in [4.69, 9.17) is 0 Å². The molecule has 0 heterocycles. The molecule has 0 unspecified atom stereocenters. The second-order valence-electron chi connectivity index (χ2n) is 3.40. The number of allylic oxidation sites excluding steroid dienone is 1. The number of hydrogen-bond donors (Lipinski definition) is 0. The smallest absolute Gasteiger partial charge is 0.160 e. The Bertz CT molecular complexity index is 319. The van der Waals surface area contributed by atoms with Gasteiger partial charge in [0, 0.05) is 5.25 Å². The lowest BCUT2D eigenvalue weighted by atomic mass is 10.1. The van der Waals surface area contributed by atoms with Gasteiger partial charge in [0.05, 0.1) is 0 Å². The fourth-order valence-electron chi connectivity index (χ4n) is 1.42. The number of benzene rings is 1. The highest BCUT2D eigenvalue weighted by Gasteiger charge is 2.32. The molecule has 1 atom stereocenters. The Labute approximate surface area is 97.6 Å². The fourth-order valence-corrected chi connectivity index (χ4v) is 2.31. The van der Waals surface area contributed by atoms with Crippen LogP contribution in [-0.2, 0) is 6.42 Å². The number of halogens is 3. The third-order valence-corrected chi connectivity index (χ3v) is 3.00. The van der Waals surface area contributed by atoms with Crippen molar-refractivity contribution in [2.45, 2.75) is 23.6 Å². The van der Waals surface area contributed by atoms with Gasteiger partial charge in [-0.2, -0.15) is 13.2 Å². The molecule has 0 N–H and O–H groups in total. The molecule has 0 aromatic heterocycles. The van der Waals surface area contributed by atoms with Crippen molar-refractivity contribution in [3.63, 3.8) is 0 Å². The Morgan fingerprint density at radius 1 is 1.25 bits per heavy atom. The summed E-state index contributed by atoms with van der Waals surface area (Å²) in [5.41, 5.74) is -3.26. The number of alkyl halides is 3. The van der Waals surface area contributed by atoms with Gasteiger partial charge in [-0.1, -0.05) is 36.4 Å². The molecule has 0 amide bonds. The molecule has 88 valence electrons. The largest absolute Gasteiger partial charge is 0.442 e. The summed E-state index contributed by atoms with van der Waals surface area (Å²) in [6.45, 7) is 3.49. The van der Waals surface area contributed by atoms with Crippen molar-refractivity contribution in [2.75, 3.05) is 0 Å². The van der Waals surface area contributed by atoms with Gasteiger partial charge in [0.1, 0.15) is 0 Å². The first-order chi connectivity index (χ1) is 7.51. The van der Waals surface area contributed by atoms with Gasteiger partial charge in [-0.25, -0.2) is 0 Å². The Balaban J connectivity index is 2.61. The van der Waals surface area contributed by atoms with Crippen LogP contribution in [-0.4, -0.2) is 10.8 Å². The molecule has 1 aromatic carbocycles. The summed E-state index contributed by atoms with van der Waals surface area (Å²) in [5, 5.41) is -0.486. The van der Waals surface area contributed by atoms with E-state index in [2.05, 4.69) is 6.58 Å². The molecule has 0 bridgehead atoms. The van der Waals surface area contributed by atoms with Crippen molar-refractivity contribution in [3.8, 4) is 0 Å². The van der Waals surface area contributed by atoms with Crippen LogP contribution in [0.3, 0.4) is 0 Å². The van der Waals surface area contributed by atoms with E-state index in [1.165, 1.54) is 6.08 Å². The predicted octanol–water partition coefficient (Wildman–Crippen LogP) is 4.43. The molecule has 0 aliphatic carbocycles. The number of rotatable bonds is 5. The average Bonchev–Trinajstić information content (AvgIpc) is 2.17. The molecular formula is C12H13F3S. The Morgan fingerprint density at radius 2 is 1.88 bits per heavy atom. The van der Waals surface area contributed by atoms with Crippen LogP contribution >= 0.6 is 11.8 Å². The first-order valence-electron chi connectivity index (χ1n) is 4.90. The van der Waals surface area contributed by atoms with Gasteiger partial charge < -0.3 is 0 Å². The van der Waals surface area contributed by atoms with E-state index >= 15 is 0 Å². The van der Waals surface area contributed by atoms with Crippen molar-refractivity contribution < 1.29 is 13.2 Å². The summed E-state index contributed by atoms with van der Waals surface area (Å²) in [6, 6.07) is 9.19. The maximum Gasteiger partial charge on any atom is 0.442 e. The lowest BCUT2D eigenvalue weighted by Gasteiger charge is -2.16. The van der Waals surface area contributed by atoms with Crippen LogP contribution in [0.2, 0.25) is 0 Å². The van der Waals surface area contributed by atoms with E-state index in [1.807, 2.05) is 30.3 Å². The van der Waals surface area contributed by atoms with Gasteiger partial charge >= 0.3 is 5.51 Å². The predicted molar refractivity (Wildman–Crippen MR) is 62.4 cm³/mol. The van der Waals surface area contributed by atoms with Crippen LogP contribution in [0.15, 0.2) is 43.0 Å². The van der Waals surface area contributed by atoms with Crippen molar-refractivity contribution in [2.24, 2.45) is 0 Å². The molecule has 1 aromatic rings. The Hall–Kier alpha value is -0.900. The van der Waals surface area contributed by atoms with Crippen molar-refractivity contribution >= 4 is 11.8 Å². The monoisotopic (exact) mass is 246 g/mol. The highest BCUT2D eigenvalue weighted by atomic mass is 32.2. The molecule has 0 saturated heterocycles. The van der Waals surface area contributed by atoms with Gasteiger partial charge in [0.15, 0.2) is 0 Å². The van der Waals surface area contributed by atoms with E-state index in [9.17, 15) is 13.2 Å². The van der Waals surface area contributed by atoms with E-state index < -0.39 is 10.8 Å². The van der Waals surface area contributed by atoms with Gasteiger partial charge in [-0.05, 0) is 30.2 Å². The van der Waals surface area contributed by atoms with Crippen LogP contribution < -0.4 is 0 Å². The summed E-state index contributed by atoms with van der Waals surface area (Å²) < 4.78 is 36.8. The Kier molecular flexibility index (Phi) is 4.93. The molecule has 0 nitrogen and oxygen atoms in total. The molecular weight excluding hydrogens is 233 g/mol. The maximum absolute atomic E-state index is 12.3. The van der Waals surface area contributed by atoms with Crippen LogP contribution in [0.1, 0.15) is 12.0 Å². The van der Waals surface area contributed by atoms with Crippen molar-refractivity contribution in [1.29, 1.82) is 0 Å². The average molecular weight is 246 g/mol. The van der Waals surface area contributed by atoms with Gasteiger partial charge in [-0.15, -0.1) is 6.58 Å². The quantitative estimate of drug-likeness (QED) is 0.693. The highest BCUT2D eigenvalue weighted by molar-refractivity contribution is 8.00. The van der Waals surface area contributed by atoms with E-state index in [0.717, 1.165) is 5.56 Å². The highest BCUT2D eigenvalue weighted by Crippen LogP contribution is 2.36. The molecule has 0 radical (unpaired) electrons. The minimum absolute atomic E-state index is 0.0500. The van der Waals surface area contributed by atoms with E-state index in [-0.39, 0.29) is 11.8 Å². The maximum atomic E-state index is 12.3. The topological polar surface area (TPSA) is 0 Å². The van der Waals surface area contributed by atoms with E-state index in [1.54, 1.807) is 0 Å². The summed E-state index contributed by atoms with van der Waals surface area (Å²) in [5.74, 6) is 0. The molecule has 0 aliphatic heterocycles. The summed E-state index contributed by atoms with van der Waals surface area (Å²) >= 11 is 0.0500. The summed E-state index contributed by atoms with van der Waals surface area (Å²) in [6.07, 6.45) is 2.31. The zero-order chi connectivity index (χ0) is 12.0. The number of thioether (sulfide) groups is 1. The molecule has 0 fully saturated rings. The van der Waals surface area contributed by atoms with Crippen LogP contribution in [0, 0.1) is 0 Å². The lowest BCUT2D eigenvalue weighted by Crippen LogP contribution is -2.13. The second kappa shape index (κ2) is 5.99.